The third kappa shape index (κ3) is 8.55. The average Bonchev–Trinajstić information content (AvgIpc) is 1.65. The zero-order valence-corrected chi connectivity index (χ0v) is 52.9. The van der Waals surface area contributed by atoms with Crippen molar-refractivity contribution < 1.29 is 0 Å². The Balaban J connectivity index is 1.01. The molecule has 2 unspecified atom stereocenters. The van der Waals surface area contributed by atoms with Crippen LogP contribution in [0.15, 0.2) is 218 Å². The Hall–Kier alpha value is -8.74. The van der Waals surface area contributed by atoms with Crippen molar-refractivity contribution in [2.75, 3.05) is 19.6 Å². The lowest BCUT2D eigenvalue weighted by molar-refractivity contribution is 0.195. The first-order valence-electron chi connectivity index (χ1n) is 31.8. The molecule has 1 aromatic heterocycles. The minimum atomic E-state index is -0.116. The largest absolute Gasteiger partial charge is 0.334 e. The van der Waals surface area contributed by atoms with Gasteiger partial charge in [-0.05, 0) is 202 Å². The number of aryl methyl sites for hydroxylation is 1. The average molecular weight is 1130 g/mol. The summed E-state index contributed by atoms with van der Waals surface area (Å²) in [7, 11) is 0. The van der Waals surface area contributed by atoms with Crippen molar-refractivity contribution in [2.45, 2.75) is 136 Å². The van der Waals surface area contributed by atoms with Gasteiger partial charge < -0.3 is 24.2 Å². The number of rotatable bonds is 7. The Kier molecular flexibility index (Phi) is 12.4. The third-order valence-corrected chi connectivity index (χ3v) is 20.6. The van der Waals surface area contributed by atoms with Crippen LogP contribution in [-0.4, -0.2) is 16.8 Å². The van der Waals surface area contributed by atoms with Crippen LogP contribution in [-0.2, 0) is 21.7 Å². The van der Waals surface area contributed by atoms with Gasteiger partial charge in [-0.15, -0.1) is 0 Å². The van der Waals surface area contributed by atoms with E-state index in [4.69, 9.17) is 0 Å². The summed E-state index contributed by atoms with van der Waals surface area (Å²) in [5.74, 6) is 0. The Labute approximate surface area is 516 Å². The Morgan fingerprint density at radius 2 is 0.897 bits per heavy atom. The molecule has 0 bridgehead atoms. The molecule has 1 fully saturated rings. The normalized spacial score (nSPS) is 17.9. The van der Waals surface area contributed by atoms with Crippen LogP contribution < -0.4 is 36.0 Å². The second-order valence-electron chi connectivity index (χ2n) is 29.1. The smallest absolute Gasteiger partial charge is 0.252 e. The molecule has 2 atom stereocenters. The lowest BCUT2D eigenvalue weighted by Crippen LogP contribution is -2.61. The van der Waals surface area contributed by atoms with E-state index in [0.29, 0.717) is 0 Å². The molecule has 4 aliphatic rings. The van der Waals surface area contributed by atoms with Crippen molar-refractivity contribution in [1.82, 2.24) is 4.57 Å². The zero-order chi connectivity index (χ0) is 60.1. The molecule has 15 rings (SSSR count). The summed E-state index contributed by atoms with van der Waals surface area (Å²) in [5, 5.41) is 2.47. The molecule has 5 nitrogen and oxygen atoms in total. The molecule has 6 heteroatoms. The van der Waals surface area contributed by atoms with E-state index in [-0.39, 0.29) is 33.9 Å². The van der Waals surface area contributed by atoms with Gasteiger partial charge in [-0.2, -0.15) is 0 Å². The molecule has 0 radical (unpaired) electrons. The fourth-order valence-electron chi connectivity index (χ4n) is 15.7. The fourth-order valence-corrected chi connectivity index (χ4v) is 15.7. The highest BCUT2D eigenvalue weighted by molar-refractivity contribution is 7.00. The van der Waals surface area contributed by atoms with Crippen molar-refractivity contribution in [3.05, 3.63) is 246 Å². The van der Waals surface area contributed by atoms with Crippen LogP contribution in [0.25, 0.3) is 27.5 Å². The van der Waals surface area contributed by atoms with Crippen LogP contribution in [0.2, 0.25) is 0 Å². The van der Waals surface area contributed by atoms with E-state index >= 15 is 0 Å². The van der Waals surface area contributed by atoms with Gasteiger partial charge in [0.2, 0.25) is 0 Å². The van der Waals surface area contributed by atoms with Gasteiger partial charge in [-0.1, -0.05) is 185 Å². The van der Waals surface area contributed by atoms with E-state index < -0.39 is 0 Å². The number of anilines is 11. The topological polar surface area (TPSA) is 17.9 Å². The first-order valence-corrected chi connectivity index (χ1v) is 31.8. The van der Waals surface area contributed by atoms with Crippen LogP contribution >= 0.6 is 0 Å². The van der Waals surface area contributed by atoms with E-state index in [1.807, 2.05) is 0 Å². The molecule has 432 valence electrons. The number of aromatic nitrogens is 1. The molecule has 0 amide bonds. The summed E-state index contributed by atoms with van der Waals surface area (Å²) >= 11 is 0. The fraction of sp³-hybridized carbons (Fsp3) is 0.259. The van der Waals surface area contributed by atoms with Gasteiger partial charge in [0.1, 0.15) is 0 Å². The number of fused-ring (bicyclic) bond motifs is 10. The second-order valence-corrected chi connectivity index (χ2v) is 29.1. The van der Waals surface area contributed by atoms with Gasteiger partial charge in [-0.25, -0.2) is 0 Å². The highest BCUT2D eigenvalue weighted by Crippen LogP contribution is 2.62. The molecule has 1 aliphatic carbocycles. The molecule has 0 N–H and O–H groups in total. The van der Waals surface area contributed by atoms with E-state index in [1.54, 1.807) is 0 Å². The molecule has 3 aliphatic heterocycles. The van der Waals surface area contributed by atoms with Crippen molar-refractivity contribution in [3.8, 4) is 5.69 Å². The van der Waals surface area contributed by atoms with Crippen molar-refractivity contribution in [1.29, 1.82) is 0 Å². The molecule has 0 saturated heterocycles. The highest BCUT2D eigenvalue weighted by Gasteiger charge is 2.59. The van der Waals surface area contributed by atoms with Crippen molar-refractivity contribution in [3.63, 3.8) is 0 Å². The van der Waals surface area contributed by atoms with Crippen molar-refractivity contribution in [2.24, 2.45) is 0 Å². The molecule has 87 heavy (non-hydrogen) atoms. The first-order chi connectivity index (χ1) is 41.7. The molecule has 10 aromatic carbocycles. The van der Waals surface area contributed by atoms with E-state index in [0.717, 1.165) is 41.3 Å². The van der Waals surface area contributed by atoms with Gasteiger partial charge in [-0.3, -0.25) is 0 Å². The van der Waals surface area contributed by atoms with Crippen LogP contribution in [0.3, 0.4) is 0 Å². The van der Waals surface area contributed by atoms with Gasteiger partial charge in [0, 0.05) is 84.4 Å². The van der Waals surface area contributed by atoms with E-state index in [1.165, 1.54) is 119 Å². The van der Waals surface area contributed by atoms with Crippen LogP contribution in [0, 0.1) is 6.92 Å². The maximum absolute atomic E-state index is 2.77. The van der Waals surface area contributed by atoms with Crippen LogP contribution in [0.4, 0.5) is 62.6 Å². The maximum atomic E-state index is 2.77. The van der Waals surface area contributed by atoms with Gasteiger partial charge in [0.05, 0.1) is 16.6 Å². The number of para-hydroxylation sites is 3. The molecular weight excluding hydrogens is 1050 g/mol. The molecular formula is C81H80BN5. The van der Waals surface area contributed by atoms with E-state index in [9.17, 15) is 0 Å². The Morgan fingerprint density at radius 1 is 0.402 bits per heavy atom. The lowest BCUT2D eigenvalue weighted by Gasteiger charge is -2.50. The third-order valence-electron chi connectivity index (χ3n) is 20.6. The molecule has 4 heterocycles. The van der Waals surface area contributed by atoms with Gasteiger partial charge in [0.25, 0.3) is 6.71 Å². The summed E-state index contributed by atoms with van der Waals surface area (Å²) in [4.78, 5) is 10.5. The summed E-state index contributed by atoms with van der Waals surface area (Å²) < 4.78 is 2.44. The number of hydrogen-bond donors (Lipinski definition) is 0. The molecule has 0 spiro atoms. The molecule has 11 aromatic rings. The summed E-state index contributed by atoms with van der Waals surface area (Å²) in [5.41, 5.74) is 27.1. The minimum Gasteiger partial charge on any atom is -0.334 e. The lowest BCUT2D eigenvalue weighted by atomic mass is 9.33. The van der Waals surface area contributed by atoms with Crippen LogP contribution in [0.1, 0.15) is 130 Å². The first kappa shape index (κ1) is 54.9. The minimum absolute atomic E-state index is 0.00838. The zero-order valence-electron chi connectivity index (χ0n) is 52.9. The summed E-state index contributed by atoms with van der Waals surface area (Å²) in [6, 6.07) is 84.2. The number of nitrogens with zero attached hydrogens (tertiary/aromatic N) is 5. The number of hydrogen-bond acceptors (Lipinski definition) is 4. The van der Waals surface area contributed by atoms with Gasteiger partial charge >= 0.3 is 0 Å². The summed E-state index contributed by atoms with van der Waals surface area (Å²) in [6.07, 6.45) is 4.72. The molecule has 1 saturated carbocycles. The Morgan fingerprint density at radius 3 is 1.49 bits per heavy atom. The standard InChI is InChI=1S/C81H80BN5/c1-53-47-74-76-75(48-53)86(60-39-33-56(34-40-60)79(8,9)10)73-51-66-71(87(61-25-17-14-18-26-61)81(12)46-22-21-45-80(66,81)11)52-68(73)82(76)67-44-42-63(50-72(67)85(74)59-37-31-55(32-38-59)78(5,6)7)83(58-35-29-54(30-36-58)77(2,3)4)62-41-43-65-64-27-19-20-28-69(64)84(70(65)49-62)57-23-15-13-16-24-57/h13-20,23-44,47-52H,21-22,45-46H2,1-12H3. The second kappa shape index (κ2) is 19.6. The quantitative estimate of drug-likeness (QED) is 0.148. The van der Waals surface area contributed by atoms with Crippen molar-refractivity contribution >= 4 is 107 Å². The number of benzene rings is 10. The van der Waals surface area contributed by atoms with E-state index in [2.05, 4.69) is 326 Å². The monoisotopic (exact) mass is 1130 g/mol. The van der Waals surface area contributed by atoms with Crippen LogP contribution in [0.5, 0.6) is 0 Å². The summed E-state index contributed by atoms with van der Waals surface area (Å²) in [6.45, 7) is 28.2. The SMILES string of the molecule is Cc1cc2c3c(c1)N(c1ccc(C(C)(C)C)cc1)c1cc4c(cc1B3c1ccc(N(c3ccc(C(C)(C)C)cc3)c3ccc5c6ccccc6n(-c6ccccc6)c5c3)cc1N2c1ccc(C(C)(C)C)cc1)N(c1ccccc1)C1(C)CCCCC41C. The van der Waals surface area contributed by atoms with Gasteiger partial charge in [0.15, 0.2) is 0 Å². The maximum Gasteiger partial charge on any atom is 0.252 e. The predicted molar refractivity (Wildman–Crippen MR) is 373 cm³/mol. The highest BCUT2D eigenvalue weighted by atomic mass is 15.3. The predicted octanol–water partition coefficient (Wildman–Crippen LogP) is 20.3. The Bertz CT molecular complexity index is 4500.